The van der Waals surface area contributed by atoms with E-state index in [1.54, 1.807) is 0 Å². The monoisotopic (exact) mass is 224 g/mol. The molecule has 0 radical (unpaired) electrons. The molecule has 0 saturated heterocycles. The van der Waals surface area contributed by atoms with E-state index in [4.69, 9.17) is 9.60 Å². The maximum Gasteiger partial charge on any atom is 0.269 e. The summed E-state index contributed by atoms with van der Waals surface area (Å²) in [6.07, 6.45) is 0. The lowest BCUT2D eigenvalue weighted by Gasteiger charge is -2.03. The van der Waals surface area contributed by atoms with Crippen LogP contribution in [0.25, 0.3) is 5.69 Å². The van der Waals surface area contributed by atoms with Gasteiger partial charge in [-0.25, -0.2) is 4.68 Å². The highest BCUT2D eigenvalue weighted by Crippen LogP contribution is 2.16. The van der Waals surface area contributed by atoms with Crippen LogP contribution < -0.4 is 0 Å². The van der Waals surface area contributed by atoms with Crippen LogP contribution in [0.3, 0.4) is 0 Å². The van der Waals surface area contributed by atoms with E-state index in [0.29, 0.717) is 0 Å². The minimum Gasteiger partial charge on any atom is -0.258 e. The molecule has 0 bridgehead atoms. The maximum atomic E-state index is 10.7. The van der Waals surface area contributed by atoms with Crippen molar-refractivity contribution in [3.63, 3.8) is 0 Å². The molecule has 0 aliphatic heterocycles. The highest BCUT2D eigenvalue weighted by Gasteiger charge is 2.07. The molecule has 0 spiro atoms. The second kappa shape index (κ2) is 3.77. The van der Waals surface area contributed by atoms with Crippen molar-refractivity contribution in [3.8, 4) is 5.69 Å². The Morgan fingerprint density at radius 3 is 2.75 bits per heavy atom. The fourth-order valence-corrected chi connectivity index (χ4v) is 1.24. The van der Waals surface area contributed by atoms with Crippen molar-refractivity contribution in [2.75, 3.05) is 0 Å². The number of aryl methyl sites for hydroxylation is 1. The molecule has 0 fully saturated rings. The van der Waals surface area contributed by atoms with E-state index in [0.717, 1.165) is 16.8 Å². The Morgan fingerprint density at radius 2 is 2.19 bits per heavy atom. The molecular weight excluding hydrogens is 206 g/mol. The average Bonchev–Trinajstić information content (AvgIpc) is 2.76. The molecule has 5 nitrogen and oxygen atoms in total. The number of benzene rings is 1. The third-order valence-electron chi connectivity index (χ3n) is 1.95. The Labute approximate surface area is 102 Å². The molecule has 2 rings (SSSR count). The van der Waals surface area contributed by atoms with Crippen molar-refractivity contribution in [1.29, 1.82) is 0 Å². The zero-order valence-corrected chi connectivity index (χ0v) is 7.97. The first kappa shape index (κ1) is 4.78. The lowest BCUT2D eigenvalue weighted by Crippen LogP contribution is -1.99. The Morgan fingerprint density at radius 1 is 1.44 bits per heavy atom. The Hall–Kier alpha value is -2.17. The van der Waals surface area contributed by atoms with Gasteiger partial charge in [-0.2, -0.15) is 5.10 Å². The summed E-state index contributed by atoms with van der Waals surface area (Å²) in [5.41, 5.74) is -1.29. The lowest BCUT2D eigenvalue weighted by atomic mass is 10.3. The van der Waals surface area contributed by atoms with Gasteiger partial charge in [0.1, 0.15) is 0 Å². The van der Waals surface area contributed by atoms with Crippen LogP contribution in [0.2, 0.25) is 0 Å². The van der Waals surface area contributed by atoms with Gasteiger partial charge >= 0.3 is 0 Å². The normalized spacial score (nSPS) is 18.4. The standard InChI is InChI=1S/C11H11N3O2/c1-8-7-9(2)13(12-8)10-3-5-11(6-4-10)14(15)16/h3-7H,1-2H3/i1D3,2D3,7D. The van der Waals surface area contributed by atoms with E-state index < -0.39 is 36.1 Å². The maximum absolute atomic E-state index is 10.7. The quantitative estimate of drug-likeness (QED) is 0.581. The predicted molar refractivity (Wildman–Crippen MR) is 59.7 cm³/mol. The molecule has 5 heteroatoms. The molecule has 2 aromatic rings. The van der Waals surface area contributed by atoms with E-state index >= 15 is 0 Å². The first-order valence-electron chi connectivity index (χ1n) is 7.78. The molecule has 0 aliphatic rings. The summed E-state index contributed by atoms with van der Waals surface area (Å²) in [5.74, 6) is 0. The van der Waals surface area contributed by atoms with E-state index in [9.17, 15) is 10.1 Å². The van der Waals surface area contributed by atoms with Gasteiger partial charge in [-0.1, -0.05) is 0 Å². The highest BCUT2D eigenvalue weighted by atomic mass is 16.6. The van der Waals surface area contributed by atoms with Gasteiger partial charge in [0.15, 0.2) is 0 Å². The molecular formula is C11H11N3O2. The number of nitro groups is 1. The number of hydrogen-bond donors (Lipinski definition) is 0. The zero-order valence-electron chi connectivity index (χ0n) is 15.0. The summed E-state index contributed by atoms with van der Waals surface area (Å²) in [5, 5.41) is 14.4. The topological polar surface area (TPSA) is 61.0 Å². The van der Waals surface area contributed by atoms with Crippen LogP contribution >= 0.6 is 0 Å². The first-order valence-corrected chi connectivity index (χ1v) is 4.28. The fourth-order valence-electron chi connectivity index (χ4n) is 1.24. The molecule has 0 atom stereocenters. The molecule has 0 saturated carbocycles. The van der Waals surface area contributed by atoms with Crippen LogP contribution in [0.4, 0.5) is 5.69 Å². The summed E-state index contributed by atoms with van der Waals surface area (Å²) >= 11 is 0. The zero-order chi connectivity index (χ0) is 17.6. The molecule has 0 amide bonds. The van der Waals surface area contributed by atoms with E-state index in [2.05, 4.69) is 5.10 Å². The van der Waals surface area contributed by atoms with Gasteiger partial charge in [-0.05, 0) is 31.9 Å². The Balaban J connectivity index is 2.68. The SMILES string of the molecule is [2H]c1c(C([2H])([2H])[2H])nn(-c2ccc([N+](=O)[O-])cc2)c1C([2H])([2H])[2H]. The van der Waals surface area contributed by atoms with Crippen molar-refractivity contribution in [1.82, 2.24) is 9.78 Å². The molecule has 0 aliphatic carbocycles. The smallest absolute Gasteiger partial charge is 0.258 e. The number of rotatable bonds is 2. The Bertz CT molecular complexity index is 747. The summed E-state index contributed by atoms with van der Waals surface area (Å²) in [4.78, 5) is 10.0. The summed E-state index contributed by atoms with van der Waals surface area (Å²) in [7, 11) is 0. The second-order valence-corrected chi connectivity index (χ2v) is 3.01. The van der Waals surface area contributed by atoms with Crippen molar-refractivity contribution in [2.24, 2.45) is 0 Å². The van der Waals surface area contributed by atoms with Crippen LogP contribution in [0, 0.1) is 23.8 Å². The first-order chi connectivity index (χ1) is 10.4. The summed E-state index contributed by atoms with van der Waals surface area (Å²) in [6.45, 7) is -5.52. The largest absolute Gasteiger partial charge is 0.269 e. The average molecular weight is 224 g/mol. The minimum atomic E-state index is -2.77. The van der Waals surface area contributed by atoms with Crippen LogP contribution in [-0.4, -0.2) is 14.7 Å². The molecule has 0 unspecified atom stereocenters. The molecule has 1 heterocycles. The van der Waals surface area contributed by atoms with Crippen molar-refractivity contribution >= 4 is 5.69 Å². The number of aromatic nitrogens is 2. The molecule has 0 N–H and O–H groups in total. The van der Waals surface area contributed by atoms with Crippen LogP contribution in [0.5, 0.6) is 0 Å². The van der Waals surface area contributed by atoms with Crippen LogP contribution in [0.15, 0.2) is 30.3 Å². The molecule has 1 aromatic carbocycles. The van der Waals surface area contributed by atoms with Crippen molar-refractivity contribution in [3.05, 3.63) is 51.8 Å². The van der Waals surface area contributed by atoms with E-state index in [1.807, 2.05) is 0 Å². The third kappa shape index (κ3) is 1.79. The van der Waals surface area contributed by atoms with Gasteiger partial charge in [0.25, 0.3) is 5.69 Å². The fraction of sp³-hybridized carbons (Fsp3) is 0.182. The Kier molecular flexibility index (Phi) is 1.12. The lowest BCUT2D eigenvalue weighted by molar-refractivity contribution is -0.384. The summed E-state index contributed by atoms with van der Waals surface area (Å²) < 4.78 is 53.2. The number of hydrogen-bond acceptors (Lipinski definition) is 3. The molecule has 82 valence electrons. The van der Waals surface area contributed by atoms with Gasteiger partial charge in [0.05, 0.1) is 17.7 Å². The van der Waals surface area contributed by atoms with Crippen LogP contribution in [-0.2, 0) is 0 Å². The third-order valence-corrected chi connectivity index (χ3v) is 1.95. The van der Waals surface area contributed by atoms with Gasteiger partial charge in [-0.3, -0.25) is 10.1 Å². The number of non-ortho nitro benzene ring substituents is 1. The summed E-state index contributed by atoms with van der Waals surface area (Å²) in [6, 6.07) is 4.06. The van der Waals surface area contributed by atoms with Gasteiger partial charge in [0, 0.05) is 26.1 Å². The predicted octanol–water partition coefficient (Wildman–Crippen LogP) is 2.40. The second-order valence-electron chi connectivity index (χ2n) is 3.01. The van der Waals surface area contributed by atoms with Crippen molar-refractivity contribution in [2.45, 2.75) is 13.7 Å². The van der Waals surface area contributed by atoms with Gasteiger partial charge < -0.3 is 0 Å². The van der Waals surface area contributed by atoms with Gasteiger partial charge in [0.2, 0.25) is 0 Å². The highest BCUT2D eigenvalue weighted by molar-refractivity contribution is 5.41. The molecule has 16 heavy (non-hydrogen) atoms. The number of nitro benzene ring substituents is 1. The van der Waals surface area contributed by atoms with Gasteiger partial charge in [-0.15, -0.1) is 0 Å². The molecule has 1 aromatic heterocycles. The van der Waals surface area contributed by atoms with E-state index in [1.165, 1.54) is 12.1 Å². The number of nitrogens with zero attached hydrogens (tertiary/aromatic N) is 3. The van der Waals surface area contributed by atoms with E-state index in [-0.39, 0.29) is 11.4 Å². The van der Waals surface area contributed by atoms with Crippen molar-refractivity contribution < 1.29 is 14.5 Å². The van der Waals surface area contributed by atoms with Crippen LogP contribution in [0.1, 0.15) is 21.0 Å². The minimum absolute atomic E-state index is 0.116.